The van der Waals surface area contributed by atoms with Gasteiger partial charge in [0.1, 0.15) is 18.1 Å². The first-order valence-corrected chi connectivity index (χ1v) is 12.2. The van der Waals surface area contributed by atoms with Gasteiger partial charge in [0, 0.05) is 34.3 Å². The van der Waals surface area contributed by atoms with E-state index in [1.165, 1.54) is 6.21 Å². The first-order chi connectivity index (χ1) is 17.4. The standard InChI is InChI=1S/C27H25Cl2N3O4/c1-2-35-23-10-8-22(9-11-23)32-16-20(13-26(32)33)27(34)31-30-15-18-4-3-5-24(12-18)36-17-19-6-7-21(28)14-25(19)29/h3-12,14-15,20H,2,13,16-17H2,1H3,(H,31,34)/b30-15-/t20-/m1/s1. The van der Waals surface area contributed by atoms with Crippen LogP contribution in [0.5, 0.6) is 11.5 Å². The van der Waals surface area contributed by atoms with Gasteiger partial charge in [-0.25, -0.2) is 5.43 Å². The van der Waals surface area contributed by atoms with E-state index in [0.717, 1.165) is 22.6 Å². The number of hydrogen-bond donors (Lipinski definition) is 1. The van der Waals surface area contributed by atoms with Crippen LogP contribution in [-0.4, -0.2) is 31.2 Å². The van der Waals surface area contributed by atoms with Crippen molar-refractivity contribution in [2.24, 2.45) is 11.0 Å². The lowest BCUT2D eigenvalue weighted by atomic mass is 10.1. The summed E-state index contributed by atoms with van der Waals surface area (Å²) in [6.45, 7) is 3.06. The number of carbonyl (C=O) groups is 2. The molecule has 0 aliphatic carbocycles. The number of halogens is 2. The highest BCUT2D eigenvalue weighted by atomic mass is 35.5. The van der Waals surface area contributed by atoms with E-state index in [1.54, 1.807) is 23.1 Å². The molecule has 186 valence electrons. The maximum Gasteiger partial charge on any atom is 0.245 e. The zero-order chi connectivity index (χ0) is 25.5. The van der Waals surface area contributed by atoms with Crippen molar-refractivity contribution < 1.29 is 19.1 Å². The molecule has 0 bridgehead atoms. The van der Waals surface area contributed by atoms with E-state index in [0.29, 0.717) is 28.9 Å². The molecular weight excluding hydrogens is 501 g/mol. The van der Waals surface area contributed by atoms with Crippen LogP contribution < -0.4 is 19.8 Å². The first-order valence-electron chi connectivity index (χ1n) is 11.5. The number of anilines is 1. The normalized spacial score (nSPS) is 15.4. The lowest BCUT2D eigenvalue weighted by Crippen LogP contribution is -2.30. The Labute approximate surface area is 219 Å². The summed E-state index contributed by atoms with van der Waals surface area (Å²) in [5, 5.41) is 5.16. The van der Waals surface area contributed by atoms with Crippen LogP contribution in [0.2, 0.25) is 10.0 Å². The molecule has 7 nitrogen and oxygen atoms in total. The Hall–Kier alpha value is -3.55. The van der Waals surface area contributed by atoms with Crippen molar-refractivity contribution in [2.75, 3.05) is 18.1 Å². The third-order valence-electron chi connectivity index (χ3n) is 5.61. The van der Waals surface area contributed by atoms with E-state index in [9.17, 15) is 9.59 Å². The van der Waals surface area contributed by atoms with Gasteiger partial charge in [-0.05, 0) is 61.0 Å². The molecule has 0 unspecified atom stereocenters. The fourth-order valence-electron chi connectivity index (χ4n) is 3.77. The first kappa shape index (κ1) is 25.5. The van der Waals surface area contributed by atoms with Crippen molar-refractivity contribution in [3.63, 3.8) is 0 Å². The summed E-state index contributed by atoms with van der Waals surface area (Å²) in [5.41, 5.74) is 4.84. The minimum absolute atomic E-state index is 0.103. The zero-order valence-corrected chi connectivity index (χ0v) is 21.1. The number of amides is 2. The van der Waals surface area contributed by atoms with Crippen molar-refractivity contribution in [3.8, 4) is 11.5 Å². The third-order valence-corrected chi connectivity index (χ3v) is 6.20. The molecule has 1 aliphatic heterocycles. The van der Waals surface area contributed by atoms with Gasteiger partial charge in [-0.15, -0.1) is 0 Å². The number of hydrazone groups is 1. The molecule has 9 heteroatoms. The van der Waals surface area contributed by atoms with Gasteiger partial charge in [0.2, 0.25) is 11.8 Å². The van der Waals surface area contributed by atoms with E-state index in [-0.39, 0.29) is 24.8 Å². The van der Waals surface area contributed by atoms with Gasteiger partial charge in [-0.2, -0.15) is 5.10 Å². The average Bonchev–Trinajstić information content (AvgIpc) is 3.26. The SMILES string of the molecule is CCOc1ccc(N2C[C@H](C(=O)N/N=C\c3cccc(OCc4ccc(Cl)cc4Cl)c3)CC2=O)cc1. The second-order valence-electron chi connectivity index (χ2n) is 8.16. The van der Waals surface area contributed by atoms with Crippen LogP contribution in [0.3, 0.4) is 0 Å². The number of nitrogens with zero attached hydrogens (tertiary/aromatic N) is 2. The highest BCUT2D eigenvalue weighted by molar-refractivity contribution is 6.35. The van der Waals surface area contributed by atoms with Crippen LogP contribution in [0.15, 0.2) is 71.8 Å². The summed E-state index contributed by atoms with van der Waals surface area (Å²) < 4.78 is 11.3. The zero-order valence-electron chi connectivity index (χ0n) is 19.6. The molecule has 0 radical (unpaired) electrons. The van der Waals surface area contributed by atoms with Crippen molar-refractivity contribution in [1.82, 2.24) is 5.43 Å². The van der Waals surface area contributed by atoms with Crippen LogP contribution >= 0.6 is 23.2 Å². The summed E-state index contributed by atoms with van der Waals surface area (Å²) in [7, 11) is 0. The summed E-state index contributed by atoms with van der Waals surface area (Å²) in [6.07, 6.45) is 1.66. The van der Waals surface area contributed by atoms with E-state index in [1.807, 2.05) is 55.5 Å². The smallest absolute Gasteiger partial charge is 0.245 e. The van der Waals surface area contributed by atoms with Gasteiger partial charge in [0.05, 0.1) is 18.7 Å². The number of rotatable bonds is 9. The average molecular weight is 526 g/mol. The molecule has 1 fully saturated rings. The molecule has 0 aromatic heterocycles. The molecule has 3 aromatic rings. The molecule has 0 saturated carbocycles. The fraction of sp³-hybridized carbons (Fsp3) is 0.222. The maximum absolute atomic E-state index is 12.6. The Morgan fingerprint density at radius 1 is 1.08 bits per heavy atom. The van der Waals surface area contributed by atoms with Crippen LogP contribution in [0.1, 0.15) is 24.5 Å². The number of hydrogen-bond acceptors (Lipinski definition) is 5. The molecule has 1 aliphatic rings. The molecule has 0 spiro atoms. The van der Waals surface area contributed by atoms with Gasteiger partial charge in [-0.1, -0.05) is 41.4 Å². The summed E-state index contributed by atoms with van der Waals surface area (Å²) in [5.74, 6) is 0.468. The number of ether oxygens (including phenoxy) is 2. The summed E-state index contributed by atoms with van der Waals surface area (Å²) >= 11 is 12.1. The van der Waals surface area contributed by atoms with E-state index < -0.39 is 5.92 Å². The molecule has 4 rings (SSSR count). The van der Waals surface area contributed by atoms with E-state index >= 15 is 0 Å². The minimum atomic E-state index is -0.486. The van der Waals surface area contributed by atoms with Gasteiger partial charge >= 0.3 is 0 Å². The van der Waals surface area contributed by atoms with Crippen LogP contribution in [0.25, 0.3) is 0 Å². The van der Waals surface area contributed by atoms with Crippen molar-refractivity contribution >= 4 is 46.9 Å². The third kappa shape index (κ3) is 6.56. The predicted octanol–water partition coefficient (Wildman–Crippen LogP) is 5.47. The molecule has 1 heterocycles. The Bertz CT molecular complexity index is 1260. The Kier molecular flexibility index (Phi) is 8.46. The monoisotopic (exact) mass is 525 g/mol. The predicted molar refractivity (Wildman–Crippen MR) is 141 cm³/mol. The lowest BCUT2D eigenvalue weighted by Gasteiger charge is -2.17. The van der Waals surface area contributed by atoms with E-state index in [2.05, 4.69) is 10.5 Å². The number of carbonyl (C=O) groups excluding carboxylic acids is 2. The fourth-order valence-corrected chi connectivity index (χ4v) is 4.23. The number of benzene rings is 3. The topological polar surface area (TPSA) is 80.2 Å². The largest absolute Gasteiger partial charge is 0.494 e. The minimum Gasteiger partial charge on any atom is -0.494 e. The van der Waals surface area contributed by atoms with E-state index in [4.69, 9.17) is 32.7 Å². The maximum atomic E-state index is 12.6. The molecule has 3 aromatic carbocycles. The van der Waals surface area contributed by atoms with Crippen LogP contribution in [0, 0.1) is 5.92 Å². The molecule has 2 amide bonds. The van der Waals surface area contributed by atoms with Crippen molar-refractivity contribution in [3.05, 3.63) is 87.9 Å². The lowest BCUT2D eigenvalue weighted by molar-refractivity contribution is -0.126. The van der Waals surface area contributed by atoms with Crippen molar-refractivity contribution in [2.45, 2.75) is 20.0 Å². The second-order valence-corrected chi connectivity index (χ2v) is 9.01. The molecule has 1 atom stereocenters. The van der Waals surface area contributed by atoms with Crippen LogP contribution in [0.4, 0.5) is 5.69 Å². The quantitative estimate of drug-likeness (QED) is 0.296. The highest BCUT2D eigenvalue weighted by Gasteiger charge is 2.35. The molecular formula is C27H25Cl2N3O4. The number of nitrogens with one attached hydrogen (secondary N) is 1. The van der Waals surface area contributed by atoms with Gasteiger partial charge < -0.3 is 14.4 Å². The Balaban J connectivity index is 1.30. The summed E-state index contributed by atoms with van der Waals surface area (Å²) in [6, 6.07) is 19.8. The molecule has 36 heavy (non-hydrogen) atoms. The second kappa shape index (κ2) is 11.9. The Morgan fingerprint density at radius 3 is 2.64 bits per heavy atom. The van der Waals surface area contributed by atoms with Crippen molar-refractivity contribution in [1.29, 1.82) is 0 Å². The van der Waals surface area contributed by atoms with Crippen LogP contribution in [-0.2, 0) is 16.2 Å². The molecule has 1 N–H and O–H groups in total. The summed E-state index contributed by atoms with van der Waals surface area (Å²) in [4.78, 5) is 26.7. The molecule has 1 saturated heterocycles. The van der Waals surface area contributed by atoms with Gasteiger partial charge in [0.15, 0.2) is 0 Å². The Morgan fingerprint density at radius 2 is 1.89 bits per heavy atom. The van der Waals surface area contributed by atoms with Gasteiger partial charge in [-0.3, -0.25) is 9.59 Å². The highest BCUT2D eigenvalue weighted by Crippen LogP contribution is 2.27. The van der Waals surface area contributed by atoms with Gasteiger partial charge in [0.25, 0.3) is 0 Å².